The van der Waals surface area contributed by atoms with Crippen molar-refractivity contribution in [1.29, 1.82) is 0 Å². The average molecular weight is 264 g/mol. The number of hydrogen-bond acceptors (Lipinski definition) is 4. The van der Waals surface area contributed by atoms with Gasteiger partial charge in [-0.1, -0.05) is 48.4 Å². The summed E-state index contributed by atoms with van der Waals surface area (Å²) in [5, 5.41) is 0. The van der Waals surface area contributed by atoms with Crippen LogP contribution >= 0.6 is 20.7 Å². The van der Waals surface area contributed by atoms with Crippen molar-refractivity contribution >= 4 is 30.5 Å². The zero-order valence-electron chi connectivity index (χ0n) is 9.46. The van der Waals surface area contributed by atoms with Crippen molar-refractivity contribution in [3.8, 4) is 0 Å². The molecular formula is C10H16O2S3. The van der Waals surface area contributed by atoms with Crippen LogP contribution in [0.25, 0.3) is 0 Å². The Labute approximate surface area is 98.6 Å². The molecule has 0 N–H and O–H groups in total. The standard InChI is InChI=1S/C10H16O2S3/c1-9(2)5-15(11,12)6-10(3,4)8-7(9)13-14-8/h5-6H2,1-4H3. The van der Waals surface area contributed by atoms with Crippen LogP contribution in [0.3, 0.4) is 0 Å². The third-order valence-corrected chi connectivity index (χ3v) is 8.44. The van der Waals surface area contributed by atoms with Crippen LogP contribution in [-0.2, 0) is 20.7 Å². The largest absolute Gasteiger partial charge is 0.229 e. The van der Waals surface area contributed by atoms with E-state index in [1.807, 2.05) is 27.7 Å². The lowest BCUT2D eigenvalue weighted by atomic mass is 9.86. The monoisotopic (exact) mass is 264 g/mol. The van der Waals surface area contributed by atoms with Crippen molar-refractivity contribution in [2.45, 2.75) is 38.5 Å². The Morgan fingerprint density at radius 1 is 0.933 bits per heavy atom. The zero-order chi connectivity index (χ0) is 11.5. The highest BCUT2D eigenvalue weighted by molar-refractivity contribution is 7.91. The van der Waals surface area contributed by atoms with Gasteiger partial charge in [0.1, 0.15) is 0 Å². The van der Waals surface area contributed by atoms with Crippen molar-refractivity contribution in [3.05, 3.63) is 9.75 Å². The van der Waals surface area contributed by atoms with Gasteiger partial charge >= 0.3 is 0 Å². The van der Waals surface area contributed by atoms with Crippen LogP contribution in [0.15, 0.2) is 0 Å². The quantitative estimate of drug-likeness (QED) is 0.675. The van der Waals surface area contributed by atoms with E-state index in [1.165, 1.54) is 9.75 Å². The van der Waals surface area contributed by atoms with Crippen molar-refractivity contribution in [1.82, 2.24) is 0 Å². The lowest BCUT2D eigenvalue weighted by molar-refractivity contribution is 0.553. The van der Waals surface area contributed by atoms with Gasteiger partial charge in [0.25, 0.3) is 0 Å². The van der Waals surface area contributed by atoms with Crippen LogP contribution in [-0.4, -0.2) is 19.9 Å². The molecule has 1 aliphatic heterocycles. The molecule has 0 aliphatic carbocycles. The lowest BCUT2D eigenvalue weighted by Gasteiger charge is -2.28. The van der Waals surface area contributed by atoms with Gasteiger partial charge in [0, 0.05) is 20.6 Å². The summed E-state index contributed by atoms with van der Waals surface area (Å²) in [6.45, 7) is 8.14. The van der Waals surface area contributed by atoms with E-state index in [-0.39, 0.29) is 22.3 Å². The van der Waals surface area contributed by atoms with Gasteiger partial charge in [-0.25, -0.2) is 8.42 Å². The maximum atomic E-state index is 12.0. The first-order chi connectivity index (χ1) is 6.64. The van der Waals surface area contributed by atoms with E-state index in [0.717, 1.165) is 0 Å². The highest BCUT2D eigenvalue weighted by Crippen LogP contribution is 2.48. The maximum absolute atomic E-state index is 12.0. The normalized spacial score (nSPS) is 26.9. The first kappa shape index (κ1) is 11.6. The van der Waals surface area contributed by atoms with Gasteiger partial charge in [-0.15, -0.1) is 0 Å². The summed E-state index contributed by atoms with van der Waals surface area (Å²) < 4.78 is 24.0. The summed E-state index contributed by atoms with van der Waals surface area (Å²) in [4.78, 5) is 2.58. The average Bonchev–Trinajstić information content (AvgIpc) is 1.72. The van der Waals surface area contributed by atoms with E-state index < -0.39 is 9.84 Å². The Kier molecular flexibility index (Phi) is 2.38. The molecule has 86 valence electrons. The molecule has 1 aliphatic rings. The third kappa shape index (κ3) is 1.89. The molecule has 1 aromatic heterocycles. The smallest absolute Gasteiger partial charge is 0.152 e. The topological polar surface area (TPSA) is 34.1 Å². The van der Waals surface area contributed by atoms with Gasteiger partial charge < -0.3 is 0 Å². The Hall–Kier alpha value is 0.130. The van der Waals surface area contributed by atoms with Crippen molar-refractivity contribution in [3.63, 3.8) is 0 Å². The molecule has 0 bridgehead atoms. The van der Waals surface area contributed by atoms with E-state index in [0.29, 0.717) is 0 Å². The lowest BCUT2D eigenvalue weighted by Crippen LogP contribution is -2.29. The van der Waals surface area contributed by atoms with Crippen molar-refractivity contribution < 1.29 is 8.42 Å². The summed E-state index contributed by atoms with van der Waals surface area (Å²) in [7, 11) is 0.560. The van der Waals surface area contributed by atoms with Crippen LogP contribution in [0.2, 0.25) is 0 Å². The maximum Gasteiger partial charge on any atom is 0.152 e. The van der Waals surface area contributed by atoms with Crippen LogP contribution < -0.4 is 0 Å². The fraction of sp³-hybridized carbons (Fsp3) is 0.800. The Bertz CT molecular complexity index is 436. The summed E-state index contributed by atoms with van der Waals surface area (Å²) >= 11 is 0. The molecule has 2 rings (SSSR count). The Morgan fingerprint density at radius 2 is 1.27 bits per heavy atom. The number of rotatable bonds is 0. The Balaban J connectivity index is 2.59. The van der Waals surface area contributed by atoms with Gasteiger partial charge in [0.15, 0.2) is 9.84 Å². The van der Waals surface area contributed by atoms with E-state index in [9.17, 15) is 8.42 Å². The van der Waals surface area contributed by atoms with Gasteiger partial charge in [-0.3, -0.25) is 0 Å². The minimum absolute atomic E-state index is 0.197. The van der Waals surface area contributed by atoms with E-state index in [4.69, 9.17) is 0 Å². The molecular weight excluding hydrogens is 248 g/mol. The SMILES string of the molecule is CC1(C)CS(=O)(=O)CC(C)(C)c2ssc21. The molecule has 2 nitrogen and oxygen atoms in total. The minimum atomic E-state index is -2.93. The van der Waals surface area contributed by atoms with Gasteiger partial charge in [-0.2, -0.15) is 0 Å². The van der Waals surface area contributed by atoms with Crippen LogP contribution in [0.1, 0.15) is 37.4 Å². The second-order valence-electron chi connectivity index (χ2n) is 5.62. The molecule has 5 heteroatoms. The minimum Gasteiger partial charge on any atom is -0.229 e. The summed E-state index contributed by atoms with van der Waals surface area (Å²) in [6, 6.07) is 0. The predicted molar refractivity (Wildman–Crippen MR) is 66.9 cm³/mol. The number of fused-ring (bicyclic) bond motifs is 1. The number of sulfone groups is 1. The molecule has 0 fully saturated rings. The second kappa shape index (κ2) is 3.08. The molecule has 15 heavy (non-hydrogen) atoms. The predicted octanol–water partition coefficient (Wildman–Crippen LogP) is 2.79. The van der Waals surface area contributed by atoms with Crippen LogP contribution in [0.4, 0.5) is 0 Å². The summed E-state index contributed by atoms with van der Waals surface area (Å²) in [6.07, 6.45) is 0. The van der Waals surface area contributed by atoms with Crippen molar-refractivity contribution in [2.24, 2.45) is 0 Å². The first-order valence-electron chi connectivity index (χ1n) is 4.94. The van der Waals surface area contributed by atoms with Gasteiger partial charge in [0.2, 0.25) is 0 Å². The number of hydrogen-bond donors (Lipinski definition) is 0. The molecule has 0 unspecified atom stereocenters. The van der Waals surface area contributed by atoms with E-state index in [2.05, 4.69) is 0 Å². The Morgan fingerprint density at radius 3 is 1.53 bits per heavy atom. The highest BCUT2D eigenvalue weighted by Gasteiger charge is 2.44. The molecule has 2 heterocycles. The van der Waals surface area contributed by atoms with Gasteiger partial charge in [0.05, 0.1) is 11.5 Å². The molecule has 0 aromatic carbocycles. The third-order valence-electron chi connectivity index (χ3n) is 2.81. The fourth-order valence-corrected chi connectivity index (χ4v) is 8.52. The molecule has 0 atom stereocenters. The molecule has 1 aromatic rings. The summed E-state index contributed by atoms with van der Waals surface area (Å²) in [5.74, 6) is 0.575. The van der Waals surface area contributed by atoms with Gasteiger partial charge in [-0.05, 0) is 0 Å². The van der Waals surface area contributed by atoms with Crippen molar-refractivity contribution in [2.75, 3.05) is 11.5 Å². The first-order valence-corrected chi connectivity index (χ1v) is 8.91. The fourth-order valence-electron chi connectivity index (χ4n) is 2.25. The second-order valence-corrected chi connectivity index (χ2v) is 9.84. The molecule has 0 spiro atoms. The van der Waals surface area contributed by atoms with Crippen LogP contribution in [0.5, 0.6) is 0 Å². The molecule has 0 amide bonds. The van der Waals surface area contributed by atoms with E-state index in [1.54, 1.807) is 20.7 Å². The van der Waals surface area contributed by atoms with E-state index >= 15 is 0 Å². The van der Waals surface area contributed by atoms with Crippen LogP contribution in [0, 0.1) is 0 Å². The molecule has 0 radical (unpaired) electrons. The molecule has 0 saturated carbocycles. The highest BCUT2D eigenvalue weighted by atomic mass is 32.9. The molecule has 0 saturated heterocycles. The summed E-state index contributed by atoms with van der Waals surface area (Å²) in [5.41, 5.74) is -0.393. The zero-order valence-corrected chi connectivity index (χ0v) is 11.9.